The van der Waals surface area contributed by atoms with Crippen LogP contribution in [0.25, 0.3) is 0 Å². The van der Waals surface area contributed by atoms with E-state index in [1.165, 1.54) is 12.1 Å². The fraction of sp³-hybridized carbons (Fsp3) is 0.364. The lowest BCUT2D eigenvalue weighted by Crippen LogP contribution is -2.43. The Balaban J connectivity index is 3.45. The first-order valence-corrected chi connectivity index (χ1v) is 7.81. The second-order valence-corrected chi connectivity index (χ2v) is 7.09. The van der Waals surface area contributed by atoms with Gasteiger partial charge >= 0.3 is 0 Å². The first-order chi connectivity index (χ1) is 9.07. The number of halogens is 2. The van der Waals surface area contributed by atoms with Gasteiger partial charge in [0.05, 0.1) is 17.3 Å². The number of primary amides is 1. The van der Waals surface area contributed by atoms with Crippen LogP contribution >= 0.6 is 23.2 Å². The molecule has 0 spiro atoms. The van der Waals surface area contributed by atoms with Crippen LogP contribution in [-0.4, -0.2) is 31.2 Å². The molecule has 0 heterocycles. The largest absolute Gasteiger partial charge is 0.398 e. The molecule has 0 aliphatic carbocycles. The van der Waals surface area contributed by atoms with Crippen molar-refractivity contribution in [2.45, 2.75) is 24.8 Å². The molecule has 6 nitrogen and oxygen atoms in total. The highest BCUT2D eigenvalue weighted by molar-refractivity contribution is 7.89. The molecule has 1 aromatic rings. The van der Waals surface area contributed by atoms with Gasteiger partial charge in [0.15, 0.2) is 0 Å². The number of nitrogen functional groups attached to an aromatic ring is 1. The van der Waals surface area contributed by atoms with E-state index in [4.69, 9.17) is 34.7 Å². The molecule has 112 valence electrons. The Morgan fingerprint density at radius 3 is 2.30 bits per heavy atom. The number of hydrogen-bond donors (Lipinski definition) is 2. The number of nitrogens with zero attached hydrogens (tertiary/aromatic N) is 1. The average molecular weight is 340 g/mol. The molecule has 0 aliphatic heterocycles. The molecule has 1 aromatic carbocycles. The smallest absolute Gasteiger partial charge is 0.247 e. The highest BCUT2D eigenvalue weighted by Crippen LogP contribution is 2.33. The maximum Gasteiger partial charge on any atom is 0.247 e. The standard InChI is InChI=1S/C11H15Cl2N3O3S/c1-6(2)16(5-10(15)17)20(18,19)11-8(13)3-7(12)4-9(11)14/h3-4,6H,5,14H2,1-2H3,(H2,15,17). The Morgan fingerprint density at radius 1 is 1.35 bits per heavy atom. The number of sulfonamides is 1. The molecule has 20 heavy (non-hydrogen) atoms. The van der Waals surface area contributed by atoms with E-state index in [-0.39, 0.29) is 20.6 Å². The maximum atomic E-state index is 12.6. The summed E-state index contributed by atoms with van der Waals surface area (Å²) in [6, 6.07) is 2.07. The predicted octanol–water partition coefficient (Wildman–Crippen LogP) is 1.46. The van der Waals surface area contributed by atoms with Gasteiger partial charge in [-0.2, -0.15) is 4.31 Å². The van der Waals surface area contributed by atoms with Gasteiger partial charge in [0.25, 0.3) is 0 Å². The van der Waals surface area contributed by atoms with Gasteiger partial charge in [0.2, 0.25) is 15.9 Å². The molecule has 1 rings (SSSR count). The molecule has 1 amide bonds. The molecule has 4 N–H and O–H groups in total. The quantitative estimate of drug-likeness (QED) is 0.791. The monoisotopic (exact) mass is 339 g/mol. The topological polar surface area (TPSA) is 106 Å². The number of carbonyl (C=O) groups excluding carboxylic acids is 1. The zero-order valence-corrected chi connectivity index (χ0v) is 13.3. The van der Waals surface area contributed by atoms with Gasteiger partial charge in [0, 0.05) is 11.1 Å². The first kappa shape index (κ1) is 17.0. The highest BCUT2D eigenvalue weighted by Gasteiger charge is 2.32. The molecule has 0 fully saturated rings. The van der Waals surface area contributed by atoms with Crippen LogP contribution in [-0.2, 0) is 14.8 Å². The Kier molecular flexibility index (Phi) is 5.26. The summed E-state index contributed by atoms with van der Waals surface area (Å²) in [4.78, 5) is 10.8. The zero-order chi connectivity index (χ0) is 15.7. The van der Waals surface area contributed by atoms with Crippen LogP contribution in [0.3, 0.4) is 0 Å². The average Bonchev–Trinajstić information content (AvgIpc) is 2.22. The minimum atomic E-state index is -4.06. The number of amides is 1. The van der Waals surface area contributed by atoms with Crippen LogP contribution in [0.4, 0.5) is 5.69 Å². The maximum absolute atomic E-state index is 12.6. The number of anilines is 1. The second kappa shape index (κ2) is 6.17. The van der Waals surface area contributed by atoms with Crippen LogP contribution < -0.4 is 11.5 Å². The Morgan fingerprint density at radius 2 is 1.90 bits per heavy atom. The van der Waals surface area contributed by atoms with E-state index >= 15 is 0 Å². The van der Waals surface area contributed by atoms with Gasteiger partial charge in [0.1, 0.15) is 4.90 Å². The molecule has 0 saturated carbocycles. The third-order valence-corrected chi connectivity index (χ3v) is 5.26. The summed E-state index contributed by atoms with van der Waals surface area (Å²) in [6.45, 7) is 2.76. The van der Waals surface area contributed by atoms with Crippen molar-refractivity contribution in [1.82, 2.24) is 4.31 Å². The number of carbonyl (C=O) groups is 1. The minimum absolute atomic E-state index is 0.0855. The number of hydrogen-bond acceptors (Lipinski definition) is 4. The SMILES string of the molecule is CC(C)N(CC(N)=O)S(=O)(=O)c1c(N)cc(Cl)cc1Cl. The summed E-state index contributed by atoms with van der Waals surface area (Å²) < 4.78 is 26.1. The molecular formula is C11H15Cl2N3O3S. The van der Waals surface area contributed by atoms with E-state index in [0.717, 1.165) is 4.31 Å². The summed E-state index contributed by atoms with van der Waals surface area (Å²) >= 11 is 11.7. The van der Waals surface area contributed by atoms with Crippen LogP contribution in [0.1, 0.15) is 13.8 Å². The predicted molar refractivity (Wildman–Crippen MR) is 79.1 cm³/mol. The van der Waals surface area contributed by atoms with Gasteiger partial charge in [-0.15, -0.1) is 0 Å². The molecular weight excluding hydrogens is 325 g/mol. The van der Waals surface area contributed by atoms with Gasteiger partial charge < -0.3 is 11.5 Å². The summed E-state index contributed by atoms with van der Waals surface area (Å²) in [5.41, 5.74) is 10.7. The van der Waals surface area contributed by atoms with Crippen molar-refractivity contribution in [1.29, 1.82) is 0 Å². The third-order valence-electron chi connectivity index (χ3n) is 2.49. The molecule has 0 aromatic heterocycles. The van der Waals surface area contributed by atoms with E-state index in [2.05, 4.69) is 0 Å². The number of nitrogens with two attached hydrogens (primary N) is 2. The highest BCUT2D eigenvalue weighted by atomic mass is 35.5. The number of rotatable bonds is 5. The lowest BCUT2D eigenvalue weighted by atomic mass is 10.3. The molecule has 0 unspecified atom stereocenters. The fourth-order valence-electron chi connectivity index (χ4n) is 1.67. The zero-order valence-electron chi connectivity index (χ0n) is 10.9. The lowest BCUT2D eigenvalue weighted by molar-refractivity contribution is -0.118. The van der Waals surface area contributed by atoms with E-state index < -0.39 is 28.5 Å². The van der Waals surface area contributed by atoms with E-state index in [1.807, 2.05) is 0 Å². The second-order valence-electron chi connectivity index (χ2n) is 4.42. The van der Waals surface area contributed by atoms with E-state index in [1.54, 1.807) is 13.8 Å². The van der Waals surface area contributed by atoms with Gasteiger partial charge in [-0.25, -0.2) is 8.42 Å². The molecule has 9 heteroatoms. The minimum Gasteiger partial charge on any atom is -0.398 e. The van der Waals surface area contributed by atoms with E-state index in [9.17, 15) is 13.2 Å². The molecule has 0 bridgehead atoms. The summed E-state index contributed by atoms with van der Waals surface area (Å²) in [5, 5.41) is 0.113. The Hall–Kier alpha value is -1.02. The molecule has 0 saturated heterocycles. The summed E-state index contributed by atoms with van der Waals surface area (Å²) in [5.74, 6) is -0.772. The van der Waals surface area contributed by atoms with Crippen molar-refractivity contribution < 1.29 is 13.2 Å². The van der Waals surface area contributed by atoms with Gasteiger partial charge in [-0.05, 0) is 26.0 Å². The van der Waals surface area contributed by atoms with Gasteiger partial charge in [-0.3, -0.25) is 4.79 Å². The van der Waals surface area contributed by atoms with Crippen molar-refractivity contribution in [2.75, 3.05) is 12.3 Å². The van der Waals surface area contributed by atoms with Gasteiger partial charge in [-0.1, -0.05) is 23.2 Å². The number of benzene rings is 1. The normalized spacial score (nSPS) is 12.1. The fourth-order valence-corrected chi connectivity index (χ4v) is 4.22. The third kappa shape index (κ3) is 3.54. The van der Waals surface area contributed by atoms with Crippen molar-refractivity contribution in [3.05, 3.63) is 22.2 Å². The van der Waals surface area contributed by atoms with Crippen molar-refractivity contribution in [2.24, 2.45) is 5.73 Å². The Bertz CT molecular complexity index is 609. The molecule has 0 atom stereocenters. The van der Waals surface area contributed by atoms with Crippen molar-refractivity contribution >= 4 is 44.8 Å². The lowest BCUT2D eigenvalue weighted by Gasteiger charge is -2.25. The molecule has 0 aliphatic rings. The van der Waals surface area contributed by atoms with Crippen LogP contribution in [0.5, 0.6) is 0 Å². The Labute approximate surface area is 127 Å². The summed E-state index contributed by atoms with van der Waals surface area (Å²) in [7, 11) is -4.06. The molecule has 0 radical (unpaired) electrons. The van der Waals surface area contributed by atoms with Crippen molar-refractivity contribution in [3.8, 4) is 0 Å². The van der Waals surface area contributed by atoms with Crippen LogP contribution in [0.15, 0.2) is 17.0 Å². The van der Waals surface area contributed by atoms with Crippen molar-refractivity contribution in [3.63, 3.8) is 0 Å². The first-order valence-electron chi connectivity index (χ1n) is 5.62. The summed E-state index contributed by atoms with van der Waals surface area (Å²) in [6.07, 6.45) is 0. The van der Waals surface area contributed by atoms with Crippen LogP contribution in [0, 0.1) is 0 Å². The van der Waals surface area contributed by atoms with E-state index in [0.29, 0.717) is 0 Å². The van der Waals surface area contributed by atoms with Crippen LogP contribution in [0.2, 0.25) is 10.0 Å².